The van der Waals surface area contributed by atoms with Crippen LogP contribution in [0.4, 0.5) is 18.9 Å². The summed E-state index contributed by atoms with van der Waals surface area (Å²) in [5.74, 6) is 4.94. The van der Waals surface area contributed by atoms with E-state index in [-0.39, 0.29) is 28.3 Å². The third kappa shape index (κ3) is 3.18. The number of fused-ring (bicyclic) bond motifs is 1. The summed E-state index contributed by atoms with van der Waals surface area (Å²) in [4.78, 5) is 4.02. The highest BCUT2D eigenvalue weighted by atomic mass is 35.5. The molecule has 1 atom stereocenters. The van der Waals surface area contributed by atoms with Gasteiger partial charge in [0.05, 0.1) is 11.8 Å². The lowest BCUT2D eigenvalue weighted by atomic mass is 9.90. The van der Waals surface area contributed by atoms with Crippen molar-refractivity contribution in [1.82, 2.24) is 0 Å². The van der Waals surface area contributed by atoms with Gasteiger partial charge in [0.15, 0.2) is 0 Å². The van der Waals surface area contributed by atoms with Crippen molar-refractivity contribution in [3.05, 3.63) is 28.8 Å². The Balaban J connectivity index is 2.18. The van der Waals surface area contributed by atoms with Gasteiger partial charge in [-0.25, -0.2) is 0 Å². The minimum Gasteiger partial charge on any atom is -0.448 e. The van der Waals surface area contributed by atoms with Crippen LogP contribution in [0.5, 0.6) is 0 Å². The average Bonchev–Trinajstić information content (AvgIpc) is 3.27. The number of halogens is 4. The predicted octanol–water partition coefficient (Wildman–Crippen LogP) is 4.95. The lowest BCUT2D eigenvalue weighted by Gasteiger charge is -2.35. The van der Waals surface area contributed by atoms with Crippen molar-refractivity contribution >= 4 is 23.4 Å². The maximum Gasteiger partial charge on any atom is 0.445 e. The van der Waals surface area contributed by atoms with Gasteiger partial charge in [-0.15, -0.1) is 0 Å². The fourth-order valence-corrected chi connectivity index (χ4v) is 2.42. The first-order valence-electron chi connectivity index (χ1n) is 7.55. The highest BCUT2D eigenvalue weighted by Crippen LogP contribution is 2.49. The monoisotopic (exact) mass is 357 g/mol. The summed E-state index contributed by atoms with van der Waals surface area (Å²) in [6.45, 7) is 3.35. The van der Waals surface area contributed by atoms with Gasteiger partial charge in [0.1, 0.15) is 0 Å². The quantitative estimate of drug-likeness (QED) is 0.665. The highest BCUT2D eigenvalue weighted by Gasteiger charge is 2.61. The van der Waals surface area contributed by atoms with Crippen molar-refractivity contribution in [2.24, 2.45) is 10.9 Å². The molecule has 0 bridgehead atoms. The van der Waals surface area contributed by atoms with E-state index in [2.05, 4.69) is 16.8 Å². The maximum atomic E-state index is 14.0. The summed E-state index contributed by atoms with van der Waals surface area (Å²) in [5.41, 5.74) is -2.96. The molecule has 1 unspecified atom stereocenters. The second-order valence-corrected chi connectivity index (χ2v) is 6.47. The minimum atomic E-state index is -4.78. The molecule has 0 saturated heterocycles. The number of hydrogen-bond acceptors (Lipinski definition) is 3. The van der Waals surface area contributed by atoms with E-state index in [1.807, 2.05) is 0 Å². The zero-order valence-electron chi connectivity index (χ0n) is 13.1. The summed E-state index contributed by atoms with van der Waals surface area (Å²) >= 11 is 5.90. The molecule has 24 heavy (non-hydrogen) atoms. The first kappa shape index (κ1) is 17.0. The van der Waals surface area contributed by atoms with Crippen molar-refractivity contribution in [3.63, 3.8) is 0 Å². The molecule has 1 heterocycles. The molecule has 1 fully saturated rings. The molecular weight excluding hydrogens is 343 g/mol. The lowest BCUT2D eigenvalue weighted by Crippen LogP contribution is -2.47. The van der Waals surface area contributed by atoms with Crippen molar-refractivity contribution < 1.29 is 22.6 Å². The van der Waals surface area contributed by atoms with Crippen LogP contribution in [-0.2, 0) is 15.1 Å². The minimum absolute atomic E-state index is 0.0243. The third-order valence-electron chi connectivity index (χ3n) is 3.56. The Hall–Kier alpha value is -1.87. The van der Waals surface area contributed by atoms with Gasteiger partial charge in [-0.3, -0.25) is 0 Å². The van der Waals surface area contributed by atoms with Crippen LogP contribution in [0, 0.1) is 17.8 Å². The third-order valence-corrected chi connectivity index (χ3v) is 3.79. The first-order valence-corrected chi connectivity index (χ1v) is 7.93. The Morgan fingerprint density at radius 2 is 2.08 bits per heavy atom. The predicted molar refractivity (Wildman–Crippen MR) is 84.1 cm³/mol. The van der Waals surface area contributed by atoms with E-state index >= 15 is 0 Å². The topological polar surface area (TPSA) is 30.8 Å². The van der Waals surface area contributed by atoms with Crippen molar-refractivity contribution in [2.45, 2.75) is 44.6 Å². The van der Waals surface area contributed by atoms with Gasteiger partial charge in [-0.2, -0.15) is 18.2 Å². The molecule has 0 amide bonds. The van der Waals surface area contributed by atoms with Crippen molar-refractivity contribution in [1.29, 1.82) is 0 Å². The number of aliphatic imine (C=N–C) groups is 1. The zero-order valence-corrected chi connectivity index (χ0v) is 13.8. The molecule has 0 spiro atoms. The van der Waals surface area contributed by atoms with Gasteiger partial charge in [-0.05, 0) is 50.8 Å². The molecule has 7 heteroatoms. The Morgan fingerprint density at radius 1 is 1.38 bits per heavy atom. The summed E-state index contributed by atoms with van der Waals surface area (Å²) in [6.07, 6.45) is -4.02. The number of rotatable bonds is 1. The van der Waals surface area contributed by atoms with Gasteiger partial charge in [0, 0.05) is 16.5 Å². The smallest absolute Gasteiger partial charge is 0.445 e. The van der Waals surface area contributed by atoms with Crippen LogP contribution >= 0.6 is 11.6 Å². The largest absolute Gasteiger partial charge is 0.448 e. The Morgan fingerprint density at radius 3 is 2.67 bits per heavy atom. The van der Waals surface area contributed by atoms with Gasteiger partial charge in [0.2, 0.25) is 0 Å². The molecule has 1 aromatic carbocycles. The second kappa shape index (κ2) is 5.89. The second-order valence-electron chi connectivity index (χ2n) is 6.03. The first-order chi connectivity index (χ1) is 11.2. The summed E-state index contributed by atoms with van der Waals surface area (Å²) in [6, 6.07) is 4.07. The van der Waals surface area contributed by atoms with Crippen molar-refractivity contribution in [3.8, 4) is 11.8 Å². The van der Waals surface area contributed by atoms with Crippen LogP contribution < -0.4 is 0 Å². The number of hydrogen-bond donors (Lipinski definition) is 0. The fourth-order valence-electron chi connectivity index (χ4n) is 2.25. The molecule has 3 nitrogen and oxygen atoms in total. The molecular formula is C17H15ClF3NO2. The van der Waals surface area contributed by atoms with Crippen LogP contribution in [0.15, 0.2) is 23.2 Å². The van der Waals surface area contributed by atoms with Gasteiger partial charge in [0.25, 0.3) is 5.60 Å². The molecule has 128 valence electrons. The molecule has 1 aliphatic heterocycles. The zero-order chi connectivity index (χ0) is 17.5. The Bertz CT molecular complexity index is 744. The van der Waals surface area contributed by atoms with Crippen LogP contribution in [0.1, 0.15) is 32.3 Å². The highest BCUT2D eigenvalue weighted by molar-refractivity contribution is 6.30. The van der Waals surface area contributed by atoms with E-state index in [0.717, 1.165) is 12.8 Å². The van der Waals surface area contributed by atoms with Crippen molar-refractivity contribution in [2.75, 3.05) is 0 Å². The van der Waals surface area contributed by atoms with E-state index in [9.17, 15) is 13.2 Å². The van der Waals surface area contributed by atoms with Crippen LogP contribution in [0.2, 0.25) is 5.02 Å². The number of nitrogens with zero attached hydrogens (tertiary/aromatic N) is 1. The Labute approximate surface area is 142 Å². The van der Waals surface area contributed by atoms with Crippen LogP contribution in [-0.4, -0.2) is 18.4 Å². The van der Waals surface area contributed by atoms with Gasteiger partial charge in [-0.1, -0.05) is 17.5 Å². The molecule has 2 aliphatic rings. The molecule has 1 aliphatic carbocycles. The lowest BCUT2D eigenvalue weighted by molar-refractivity contribution is -0.241. The summed E-state index contributed by atoms with van der Waals surface area (Å²) < 4.78 is 52.5. The van der Waals surface area contributed by atoms with Crippen LogP contribution in [0.3, 0.4) is 0 Å². The fraction of sp³-hybridized carbons (Fsp3) is 0.471. The SMILES string of the molecule is CC(C)OC1=Nc2ccc(Cl)cc2C(C#CC2CC2)(C(F)(F)F)O1. The van der Waals surface area contributed by atoms with E-state index in [1.54, 1.807) is 13.8 Å². The summed E-state index contributed by atoms with van der Waals surface area (Å²) in [5, 5.41) is 0.155. The number of ether oxygens (including phenoxy) is 2. The van der Waals surface area contributed by atoms with Crippen LogP contribution in [0.25, 0.3) is 0 Å². The van der Waals surface area contributed by atoms with Gasteiger partial charge < -0.3 is 9.47 Å². The molecule has 1 saturated carbocycles. The molecule has 0 N–H and O–H groups in total. The molecule has 0 aromatic heterocycles. The Kier molecular flexibility index (Phi) is 4.16. The molecule has 1 aromatic rings. The summed E-state index contributed by atoms with van der Waals surface area (Å²) in [7, 11) is 0. The van der Waals surface area contributed by atoms with E-state index < -0.39 is 17.9 Å². The van der Waals surface area contributed by atoms with E-state index in [0.29, 0.717) is 0 Å². The van der Waals surface area contributed by atoms with E-state index in [4.69, 9.17) is 21.1 Å². The van der Waals surface area contributed by atoms with E-state index in [1.165, 1.54) is 18.2 Å². The number of benzene rings is 1. The molecule has 0 radical (unpaired) electrons. The maximum absolute atomic E-state index is 14.0. The molecule has 3 rings (SSSR count). The normalized spacial score (nSPS) is 22.9. The number of alkyl halides is 3. The van der Waals surface area contributed by atoms with Gasteiger partial charge >= 0.3 is 12.3 Å². The standard InChI is InChI=1S/C17H15ClF3NO2/c1-10(2)23-15-22-14-6-5-12(18)9-13(14)16(24-15,17(19,20)21)8-7-11-3-4-11/h5-6,9-11H,3-4H2,1-2H3. The average molecular weight is 358 g/mol.